The second-order valence-electron chi connectivity index (χ2n) is 6.80. The van der Waals surface area contributed by atoms with E-state index in [1.807, 2.05) is 0 Å². The van der Waals surface area contributed by atoms with Crippen molar-refractivity contribution in [2.75, 3.05) is 34.5 Å². The highest BCUT2D eigenvalue weighted by Crippen LogP contribution is 2.38. The quantitative estimate of drug-likeness (QED) is 0.326. The van der Waals surface area contributed by atoms with Gasteiger partial charge in [0.25, 0.3) is 0 Å². The van der Waals surface area contributed by atoms with Gasteiger partial charge < -0.3 is 23.7 Å². The van der Waals surface area contributed by atoms with Crippen LogP contribution in [0.5, 0.6) is 28.7 Å². The van der Waals surface area contributed by atoms with Gasteiger partial charge in [0.05, 0.1) is 40.1 Å². The molecule has 0 spiro atoms. The number of hydrogen-bond donors (Lipinski definition) is 0. The SMILES string of the molecule is CCCCOc1ccc(C(=O)c2c(OC)cc(OC)cc2OC)c(OCCCC)c1. The van der Waals surface area contributed by atoms with Crippen LogP contribution in [-0.2, 0) is 0 Å². The summed E-state index contributed by atoms with van der Waals surface area (Å²) in [6.45, 7) is 5.34. The van der Waals surface area contributed by atoms with Gasteiger partial charge in [0, 0.05) is 18.2 Å². The predicted molar refractivity (Wildman–Crippen MR) is 117 cm³/mol. The Bertz CT molecular complexity index is 805. The highest BCUT2D eigenvalue weighted by Gasteiger charge is 2.25. The Labute approximate surface area is 179 Å². The van der Waals surface area contributed by atoms with E-state index in [1.54, 1.807) is 37.4 Å². The molecule has 2 aromatic rings. The van der Waals surface area contributed by atoms with Crippen LogP contribution in [0.3, 0.4) is 0 Å². The third-order valence-corrected chi connectivity index (χ3v) is 4.66. The van der Waals surface area contributed by atoms with Crippen LogP contribution in [0.4, 0.5) is 0 Å². The molecule has 0 saturated carbocycles. The van der Waals surface area contributed by atoms with E-state index in [0.717, 1.165) is 25.7 Å². The number of carbonyl (C=O) groups is 1. The van der Waals surface area contributed by atoms with E-state index in [1.165, 1.54) is 14.2 Å². The first-order chi connectivity index (χ1) is 14.6. The molecule has 0 unspecified atom stereocenters. The van der Waals surface area contributed by atoms with E-state index >= 15 is 0 Å². The largest absolute Gasteiger partial charge is 0.496 e. The molecule has 0 atom stereocenters. The minimum Gasteiger partial charge on any atom is -0.496 e. The lowest BCUT2D eigenvalue weighted by Gasteiger charge is -2.17. The van der Waals surface area contributed by atoms with Crippen LogP contribution in [0.2, 0.25) is 0 Å². The molecule has 2 rings (SSSR count). The molecule has 0 radical (unpaired) electrons. The van der Waals surface area contributed by atoms with Gasteiger partial charge in [-0.15, -0.1) is 0 Å². The molecular weight excluding hydrogens is 384 g/mol. The molecular formula is C24H32O6. The van der Waals surface area contributed by atoms with Gasteiger partial charge in [0.1, 0.15) is 34.3 Å². The number of hydrogen-bond acceptors (Lipinski definition) is 6. The lowest BCUT2D eigenvalue weighted by Crippen LogP contribution is -2.10. The van der Waals surface area contributed by atoms with Gasteiger partial charge in [-0.1, -0.05) is 26.7 Å². The maximum absolute atomic E-state index is 13.5. The second kappa shape index (κ2) is 12.0. The van der Waals surface area contributed by atoms with E-state index in [-0.39, 0.29) is 5.78 Å². The molecule has 0 aromatic heterocycles. The maximum Gasteiger partial charge on any atom is 0.204 e. The zero-order valence-corrected chi connectivity index (χ0v) is 18.6. The first-order valence-electron chi connectivity index (χ1n) is 10.3. The van der Waals surface area contributed by atoms with Gasteiger partial charge >= 0.3 is 0 Å². The Kier molecular flexibility index (Phi) is 9.32. The van der Waals surface area contributed by atoms with Gasteiger partial charge in [-0.05, 0) is 25.0 Å². The Morgan fingerprint density at radius 1 is 0.733 bits per heavy atom. The smallest absolute Gasteiger partial charge is 0.204 e. The minimum absolute atomic E-state index is 0.252. The summed E-state index contributed by atoms with van der Waals surface area (Å²) < 4.78 is 27.9. The third kappa shape index (κ3) is 5.81. The number of benzene rings is 2. The first kappa shape index (κ1) is 23.4. The van der Waals surface area contributed by atoms with Gasteiger partial charge in [-0.3, -0.25) is 4.79 Å². The standard InChI is InChI=1S/C24H32O6/c1-6-8-12-29-17-10-11-19(20(14-17)30-13-9-7-2)24(25)23-21(27-4)15-18(26-3)16-22(23)28-5/h10-11,14-16H,6-9,12-13H2,1-5H3. The summed E-state index contributed by atoms with van der Waals surface area (Å²) >= 11 is 0. The van der Waals surface area contributed by atoms with Crippen molar-refractivity contribution in [3.05, 3.63) is 41.5 Å². The number of unbranched alkanes of at least 4 members (excludes halogenated alkanes) is 2. The Morgan fingerprint density at radius 2 is 1.30 bits per heavy atom. The summed E-state index contributed by atoms with van der Waals surface area (Å²) in [6.07, 6.45) is 3.90. The lowest BCUT2D eigenvalue weighted by molar-refractivity contribution is 0.102. The first-order valence-corrected chi connectivity index (χ1v) is 10.3. The molecule has 0 N–H and O–H groups in total. The van der Waals surface area contributed by atoms with Crippen molar-refractivity contribution in [2.24, 2.45) is 0 Å². The molecule has 6 nitrogen and oxygen atoms in total. The van der Waals surface area contributed by atoms with Crippen molar-refractivity contribution in [1.82, 2.24) is 0 Å². The van der Waals surface area contributed by atoms with Gasteiger partial charge in [-0.2, -0.15) is 0 Å². The molecule has 30 heavy (non-hydrogen) atoms. The fourth-order valence-electron chi connectivity index (χ4n) is 2.92. The van der Waals surface area contributed by atoms with Gasteiger partial charge in [0.2, 0.25) is 5.78 Å². The van der Waals surface area contributed by atoms with Crippen LogP contribution in [0.15, 0.2) is 30.3 Å². The molecule has 0 saturated heterocycles. The lowest BCUT2D eigenvalue weighted by atomic mass is 10.00. The molecule has 0 fully saturated rings. The third-order valence-electron chi connectivity index (χ3n) is 4.66. The van der Waals surface area contributed by atoms with Crippen LogP contribution >= 0.6 is 0 Å². The molecule has 2 aromatic carbocycles. The average molecular weight is 417 g/mol. The van der Waals surface area contributed by atoms with Crippen LogP contribution in [0, 0.1) is 0 Å². The normalized spacial score (nSPS) is 10.4. The topological polar surface area (TPSA) is 63.2 Å². The van der Waals surface area contributed by atoms with E-state index in [4.69, 9.17) is 23.7 Å². The molecule has 0 bridgehead atoms. The Balaban J connectivity index is 2.46. The summed E-state index contributed by atoms with van der Waals surface area (Å²) in [7, 11) is 4.56. The van der Waals surface area contributed by atoms with Crippen molar-refractivity contribution in [2.45, 2.75) is 39.5 Å². The zero-order valence-electron chi connectivity index (χ0n) is 18.6. The van der Waals surface area contributed by atoms with Crippen LogP contribution in [-0.4, -0.2) is 40.3 Å². The number of rotatable bonds is 13. The van der Waals surface area contributed by atoms with Crippen molar-refractivity contribution in [3.63, 3.8) is 0 Å². The molecule has 164 valence electrons. The molecule has 0 amide bonds. The van der Waals surface area contributed by atoms with Gasteiger partial charge in [0.15, 0.2) is 0 Å². The zero-order chi connectivity index (χ0) is 21.9. The van der Waals surface area contributed by atoms with Crippen LogP contribution in [0.1, 0.15) is 55.5 Å². The molecule has 6 heteroatoms. The summed E-state index contributed by atoms with van der Waals surface area (Å²) in [4.78, 5) is 13.5. The predicted octanol–water partition coefficient (Wildman–Crippen LogP) is 5.30. The summed E-state index contributed by atoms with van der Waals surface area (Å²) in [5, 5.41) is 0. The van der Waals surface area contributed by atoms with Crippen LogP contribution < -0.4 is 23.7 Å². The number of ketones is 1. The Morgan fingerprint density at radius 3 is 1.83 bits per heavy atom. The fourth-order valence-corrected chi connectivity index (χ4v) is 2.92. The van der Waals surface area contributed by atoms with Gasteiger partial charge in [-0.25, -0.2) is 0 Å². The molecule has 0 aliphatic rings. The molecule has 0 aliphatic heterocycles. The summed E-state index contributed by atoms with van der Waals surface area (Å²) in [5.41, 5.74) is 0.747. The number of ether oxygens (including phenoxy) is 5. The average Bonchev–Trinajstić information content (AvgIpc) is 2.78. The van der Waals surface area contributed by atoms with E-state index < -0.39 is 0 Å². The Hall–Kier alpha value is -2.89. The van der Waals surface area contributed by atoms with Crippen molar-refractivity contribution >= 4 is 5.78 Å². The highest BCUT2D eigenvalue weighted by atomic mass is 16.5. The van der Waals surface area contributed by atoms with Crippen LogP contribution in [0.25, 0.3) is 0 Å². The molecule has 0 heterocycles. The minimum atomic E-state index is -0.252. The van der Waals surface area contributed by atoms with E-state index in [9.17, 15) is 4.79 Å². The van der Waals surface area contributed by atoms with Crippen molar-refractivity contribution < 1.29 is 28.5 Å². The highest BCUT2D eigenvalue weighted by molar-refractivity contribution is 6.14. The van der Waals surface area contributed by atoms with Crippen molar-refractivity contribution in [1.29, 1.82) is 0 Å². The maximum atomic E-state index is 13.5. The number of carbonyl (C=O) groups excluding carboxylic acids is 1. The monoisotopic (exact) mass is 416 g/mol. The van der Waals surface area contributed by atoms with Crippen molar-refractivity contribution in [3.8, 4) is 28.7 Å². The summed E-state index contributed by atoms with van der Waals surface area (Å²) in [5.74, 6) is 2.21. The second-order valence-corrected chi connectivity index (χ2v) is 6.80. The number of methoxy groups -OCH3 is 3. The fraction of sp³-hybridized carbons (Fsp3) is 0.458. The molecule has 0 aliphatic carbocycles. The summed E-state index contributed by atoms with van der Waals surface area (Å²) in [6, 6.07) is 8.62. The van der Waals surface area contributed by atoms with E-state index in [0.29, 0.717) is 53.1 Å². The van der Waals surface area contributed by atoms with E-state index in [2.05, 4.69) is 13.8 Å².